The number of rotatable bonds is 1. The largest absolute Gasteiger partial charge is 0.304 e. The third-order valence-electron chi connectivity index (χ3n) is 4.09. The minimum absolute atomic E-state index is 0. The summed E-state index contributed by atoms with van der Waals surface area (Å²) in [6, 6.07) is 6.09. The fraction of sp³-hybridized carbons (Fsp3) is 0.444. The number of hydrogen-bond donors (Lipinski definition) is 1. The summed E-state index contributed by atoms with van der Waals surface area (Å²) < 4.78 is 1.85. The van der Waals surface area contributed by atoms with Gasteiger partial charge in [-0.2, -0.15) is 18.8 Å². The van der Waals surface area contributed by atoms with Gasteiger partial charge in [-0.15, -0.1) is 0 Å². The molecule has 3 rings (SSSR count). The Morgan fingerprint density at radius 3 is 2.64 bits per heavy atom. The van der Waals surface area contributed by atoms with Crippen LogP contribution in [0.3, 0.4) is 0 Å². The first-order valence-electron chi connectivity index (χ1n) is 8.00. The van der Waals surface area contributed by atoms with E-state index >= 15 is 0 Å². The van der Waals surface area contributed by atoms with Crippen LogP contribution in [0.25, 0.3) is 11.3 Å². The zero-order valence-electron chi connectivity index (χ0n) is 14.9. The first-order valence-corrected chi connectivity index (χ1v) is 8.99. The van der Waals surface area contributed by atoms with Crippen molar-refractivity contribution >= 4 is 25.3 Å². The molecule has 0 bridgehead atoms. The van der Waals surface area contributed by atoms with Crippen molar-refractivity contribution in [3.63, 3.8) is 0 Å². The van der Waals surface area contributed by atoms with Gasteiger partial charge in [0.05, 0.1) is 5.69 Å². The molecule has 132 valence electrons. The Kier molecular flexibility index (Phi) is 5.65. The summed E-state index contributed by atoms with van der Waals surface area (Å²) in [5.41, 5.74) is 2.88. The Hall–Kier alpha value is -1.78. The molecule has 0 aromatic carbocycles. The van der Waals surface area contributed by atoms with Gasteiger partial charge in [0.1, 0.15) is 17.1 Å². The highest BCUT2D eigenvalue weighted by Gasteiger charge is 2.22. The Morgan fingerprint density at radius 2 is 2.08 bits per heavy atom. The van der Waals surface area contributed by atoms with Crippen molar-refractivity contribution in [3.8, 4) is 17.3 Å². The van der Waals surface area contributed by atoms with E-state index in [-0.39, 0.29) is 24.4 Å². The average Bonchev–Trinajstić information content (AvgIpc) is 2.54. The predicted molar refractivity (Wildman–Crippen MR) is 105 cm³/mol. The normalized spacial score (nSPS) is 16.5. The van der Waals surface area contributed by atoms with Crippen LogP contribution in [0.5, 0.6) is 0 Å². The fourth-order valence-electron chi connectivity index (χ4n) is 2.71. The highest BCUT2D eigenvalue weighted by molar-refractivity contribution is 7.99. The monoisotopic (exact) mass is 373 g/mol. The van der Waals surface area contributed by atoms with E-state index < -0.39 is 0 Å². The first-order chi connectivity index (χ1) is 11.3. The van der Waals surface area contributed by atoms with E-state index in [1.54, 1.807) is 18.0 Å². The number of hydrogen-bond acceptors (Lipinski definition) is 5. The number of fused-ring (bicyclic) bond motifs is 1. The van der Waals surface area contributed by atoms with Crippen LogP contribution in [0, 0.1) is 22.7 Å². The zero-order valence-corrected chi connectivity index (χ0v) is 16.7. The Labute approximate surface area is 159 Å². The van der Waals surface area contributed by atoms with Gasteiger partial charge in [0, 0.05) is 35.2 Å². The van der Waals surface area contributed by atoms with Crippen molar-refractivity contribution in [3.05, 3.63) is 35.1 Å². The lowest BCUT2D eigenvalue weighted by molar-refractivity contribution is 0.452. The molecule has 0 aliphatic carbocycles. The summed E-state index contributed by atoms with van der Waals surface area (Å²) in [7, 11) is 0. The Balaban J connectivity index is 0.00000225. The lowest BCUT2D eigenvalue weighted by Gasteiger charge is -2.24. The van der Waals surface area contributed by atoms with Crippen LogP contribution < -0.4 is 5.49 Å². The number of thioether (sulfide) groups is 1. The second kappa shape index (κ2) is 7.22. The molecule has 0 unspecified atom stereocenters. The second-order valence-electron chi connectivity index (χ2n) is 7.29. The van der Waals surface area contributed by atoms with Gasteiger partial charge in [-0.1, -0.05) is 39.5 Å². The standard InChI is InChI=1S/C18H21N5S.H2S/c1-11-9-23-16(20)13(7-19)15(22-17(23)24-10-11)12-5-6-14(21-8-12)18(2,3)4;/h5-6,8,11,20H,9-10H2,1-4H3;1H2/t11-;/m0./s1. The molecular formula is C18H23N5S2. The van der Waals surface area contributed by atoms with Gasteiger partial charge >= 0.3 is 0 Å². The van der Waals surface area contributed by atoms with Crippen molar-refractivity contribution in [1.82, 2.24) is 14.5 Å². The Bertz CT molecular complexity index is 873. The SMILES string of the molecule is C[C@@H]1CSc2nc(-c3ccc(C(C)(C)C)nc3)c(C#N)c(=N)n2C1.S. The Morgan fingerprint density at radius 1 is 1.36 bits per heavy atom. The summed E-state index contributed by atoms with van der Waals surface area (Å²) in [5.74, 6) is 1.46. The summed E-state index contributed by atoms with van der Waals surface area (Å²) in [5, 5.41) is 18.8. The molecule has 0 saturated carbocycles. The molecule has 2 aromatic rings. The highest BCUT2D eigenvalue weighted by Crippen LogP contribution is 2.29. The highest BCUT2D eigenvalue weighted by atomic mass is 32.2. The van der Waals surface area contributed by atoms with Crippen LogP contribution in [-0.2, 0) is 12.0 Å². The van der Waals surface area contributed by atoms with E-state index in [2.05, 4.69) is 43.7 Å². The van der Waals surface area contributed by atoms with Crippen LogP contribution in [-0.4, -0.2) is 20.3 Å². The van der Waals surface area contributed by atoms with Crippen LogP contribution >= 0.6 is 25.3 Å². The van der Waals surface area contributed by atoms with Crippen molar-refractivity contribution in [1.29, 1.82) is 10.7 Å². The molecular weight excluding hydrogens is 350 g/mol. The maximum absolute atomic E-state index is 9.56. The molecule has 0 amide bonds. The molecule has 0 radical (unpaired) electrons. The van der Waals surface area contributed by atoms with Crippen molar-refractivity contribution in [2.75, 3.05) is 5.75 Å². The number of aromatic nitrogens is 3. The number of nitrogens with one attached hydrogen (secondary N) is 1. The fourth-order valence-corrected chi connectivity index (χ4v) is 3.72. The molecule has 0 saturated heterocycles. The van der Waals surface area contributed by atoms with E-state index in [0.29, 0.717) is 17.2 Å². The van der Waals surface area contributed by atoms with Crippen LogP contribution in [0.1, 0.15) is 39.0 Å². The summed E-state index contributed by atoms with van der Waals surface area (Å²) in [6.45, 7) is 9.23. The first kappa shape index (κ1) is 19.5. The minimum atomic E-state index is -0.0255. The number of pyridine rings is 1. The smallest absolute Gasteiger partial charge is 0.170 e. The van der Waals surface area contributed by atoms with Gasteiger partial charge in [0.15, 0.2) is 5.16 Å². The maximum atomic E-state index is 9.56. The van der Waals surface area contributed by atoms with Gasteiger partial charge in [-0.25, -0.2) is 4.98 Å². The molecule has 5 nitrogen and oxygen atoms in total. The van der Waals surface area contributed by atoms with Crippen LogP contribution in [0.2, 0.25) is 0 Å². The van der Waals surface area contributed by atoms with Crippen molar-refractivity contribution in [2.45, 2.75) is 44.8 Å². The lowest BCUT2D eigenvalue weighted by Crippen LogP contribution is -2.32. The van der Waals surface area contributed by atoms with Gasteiger partial charge in [-0.05, 0) is 18.1 Å². The van der Waals surface area contributed by atoms with E-state index in [0.717, 1.165) is 28.7 Å². The molecule has 1 aliphatic heterocycles. The number of nitriles is 1. The minimum Gasteiger partial charge on any atom is -0.304 e. The molecule has 7 heteroatoms. The molecule has 0 spiro atoms. The van der Waals surface area contributed by atoms with Gasteiger partial charge in [0.2, 0.25) is 0 Å². The van der Waals surface area contributed by atoms with E-state index in [9.17, 15) is 5.26 Å². The van der Waals surface area contributed by atoms with Gasteiger partial charge in [-0.3, -0.25) is 10.4 Å². The lowest BCUT2D eigenvalue weighted by atomic mass is 9.91. The quantitative estimate of drug-likeness (QED) is 0.777. The summed E-state index contributed by atoms with van der Waals surface area (Å²) in [4.78, 5) is 9.22. The molecule has 0 fully saturated rings. The molecule has 3 heterocycles. The molecule has 1 aliphatic rings. The molecule has 2 aromatic heterocycles. The van der Waals surface area contributed by atoms with Crippen LogP contribution in [0.4, 0.5) is 0 Å². The van der Waals surface area contributed by atoms with E-state index in [1.165, 1.54) is 0 Å². The molecule has 1 atom stereocenters. The second-order valence-corrected chi connectivity index (χ2v) is 8.27. The van der Waals surface area contributed by atoms with E-state index in [4.69, 9.17) is 5.41 Å². The maximum Gasteiger partial charge on any atom is 0.170 e. The van der Waals surface area contributed by atoms with Gasteiger partial charge < -0.3 is 4.57 Å². The topological polar surface area (TPSA) is 78.3 Å². The third kappa shape index (κ3) is 3.75. The third-order valence-corrected chi connectivity index (χ3v) is 5.40. The zero-order chi connectivity index (χ0) is 17.5. The molecule has 25 heavy (non-hydrogen) atoms. The van der Waals surface area contributed by atoms with Crippen molar-refractivity contribution < 1.29 is 0 Å². The summed E-state index contributed by atoms with van der Waals surface area (Å²) in [6.07, 6.45) is 1.76. The summed E-state index contributed by atoms with van der Waals surface area (Å²) >= 11 is 1.65. The van der Waals surface area contributed by atoms with Gasteiger partial charge in [0.25, 0.3) is 0 Å². The average molecular weight is 374 g/mol. The number of nitrogens with zero attached hydrogens (tertiary/aromatic N) is 4. The van der Waals surface area contributed by atoms with Crippen molar-refractivity contribution in [2.24, 2.45) is 5.92 Å². The molecule has 1 N–H and O–H groups in total. The van der Waals surface area contributed by atoms with Crippen LogP contribution in [0.15, 0.2) is 23.5 Å². The van der Waals surface area contributed by atoms with E-state index in [1.807, 2.05) is 16.7 Å². The predicted octanol–water partition coefficient (Wildman–Crippen LogP) is 3.45.